The zero-order valence-corrected chi connectivity index (χ0v) is 37.9. The summed E-state index contributed by atoms with van der Waals surface area (Å²) < 4.78 is 0. The van der Waals surface area contributed by atoms with E-state index in [0.717, 1.165) is 197 Å². The lowest BCUT2D eigenvalue weighted by molar-refractivity contribution is 1.50. The minimum absolute atomic E-state index is 1.00. The molecule has 24 bridgehead atoms. The molecule has 0 unspecified atom stereocenters. The van der Waals surface area contributed by atoms with Crippen LogP contribution in [0.25, 0.3) is 197 Å². The Labute approximate surface area is 400 Å². The number of H-pyrrole nitrogens is 12. The minimum Gasteiger partial charge on any atom is -0.355 e. The number of aromatic nitrogens is 12. The number of fused-ring (bicyclic) bond motifs is 20. The molecule has 12 heteroatoms. The smallest absolute Gasteiger partial charge is 0.0568 e. The van der Waals surface area contributed by atoms with E-state index < -0.39 is 0 Å². The van der Waals surface area contributed by atoms with Crippen LogP contribution < -0.4 is 0 Å². The second-order valence-electron chi connectivity index (χ2n) is 20.2. The van der Waals surface area contributed by atoms with E-state index in [4.69, 9.17) is 0 Å². The highest BCUT2D eigenvalue weighted by molar-refractivity contribution is 6.41. The molecule has 12 nitrogen and oxygen atoms in total. The molecule has 12 N–H and O–H groups in total. The molecule has 0 fully saturated rings. The fourth-order valence-corrected chi connectivity index (χ4v) is 12.9. The van der Waals surface area contributed by atoms with Crippen LogP contribution in [0, 0.1) is 0 Å². The fraction of sp³-hybridized carbons (Fsp3) is 0. The van der Waals surface area contributed by atoms with Crippen LogP contribution in [0.1, 0.15) is 0 Å². The Morgan fingerprint density at radius 2 is 0.278 bits per heavy atom. The van der Waals surface area contributed by atoms with Gasteiger partial charge < -0.3 is 59.8 Å². The molecule has 336 valence electrons. The van der Waals surface area contributed by atoms with Crippen molar-refractivity contribution in [2.45, 2.75) is 0 Å². The standard InChI is InChI=1S/C60H36N12/c1-5-29-11-33-17-41-45-21-37-15-38-23-47-43-19-35-13-31-7-3-27(63-31)10-28-4-8-32(64-28)14-36-20-44-48-24-40(72-60(48)52(59(47)71-38)50(55(43)67-35)56(44)68-36)16-39-22-46-42-18-34(12-30-6-2-26(62-30)9-25(1)61-29)66-54(42)49(53(41)65-33)51(57(45)69-37)58(46)70-39/h1-24,61-72H. The zero-order valence-electron chi connectivity index (χ0n) is 37.9. The van der Waals surface area contributed by atoms with Gasteiger partial charge in [-0.15, -0.1) is 0 Å². The van der Waals surface area contributed by atoms with E-state index in [9.17, 15) is 0 Å². The van der Waals surface area contributed by atoms with E-state index in [0.29, 0.717) is 0 Å². The molecule has 19 rings (SSSR count). The van der Waals surface area contributed by atoms with Crippen molar-refractivity contribution >= 4 is 197 Å². The number of hydrogen-bond acceptors (Lipinski definition) is 0. The molecule has 0 atom stereocenters. The van der Waals surface area contributed by atoms with Gasteiger partial charge in [0, 0.05) is 153 Å². The summed E-state index contributed by atoms with van der Waals surface area (Å²) in [6.07, 6.45) is 0. The van der Waals surface area contributed by atoms with Crippen molar-refractivity contribution in [3.05, 3.63) is 146 Å². The van der Waals surface area contributed by atoms with Crippen LogP contribution in [0.2, 0.25) is 0 Å². The third kappa shape index (κ3) is 4.70. The summed E-state index contributed by atoms with van der Waals surface area (Å²) >= 11 is 0. The minimum atomic E-state index is 1.00. The van der Waals surface area contributed by atoms with Gasteiger partial charge in [0.1, 0.15) is 0 Å². The Bertz CT molecular complexity index is 5090. The van der Waals surface area contributed by atoms with Crippen LogP contribution in [-0.2, 0) is 0 Å². The molecule has 0 saturated carbocycles. The summed E-state index contributed by atoms with van der Waals surface area (Å²) in [5.74, 6) is 0. The van der Waals surface area contributed by atoms with Crippen LogP contribution in [-0.4, -0.2) is 59.8 Å². The van der Waals surface area contributed by atoms with Crippen LogP contribution in [0.3, 0.4) is 0 Å². The normalized spacial score (nSPS) is 13.0. The van der Waals surface area contributed by atoms with Crippen molar-refractivity contribution in [3.8, 4) is 0 Å². The number of nitrogens with one attached hydrogen (secondary N) is 12. The van der Waals surface area contributed by atoms with Crippen molar-refractivity contribution in [3.63, 3.8) is 0 Å². The monoisotopic (exact) mass is 924 g/mol. The average Bonchev–Trinajstić information content (AvgIpc) is 4.19. The van der Waals surface area contributed by atoms with Crippen LogP contribution >= 0.6 is 0 Å². The van der Waals surface area contributed by atoms with Gasteiger partial charge in [0.25, 0.3) is 0 Å². The quantitative estimate of drug-likeness (QED) is 0.0690. The first-order valence-electron chi connectivity index (χ1n) is 24.4. The first-order chi connectivity index (χ1) is 35.5. The second-order valence-corrected chi connectivity index (χ2v) is 20.2. The molecule has 15 heterocycles. The highest BCUT2D eigenvalue weighted by Crippen LogP contribution is 2.47. The summed E-state index contributed by atoms with van der Waals surface area (Å²) in [5, 5.41) is 13.7. The molecule has 72 heavy (non-hydrogen) atoms. The van der Waals surface area contributed by atoms with Crippen molar-refractivity contribution in [1.29, 1.82) is 0 Å². The van der Waals surface area contributed by atoms with Crippen molar-refractivity contribution in [2.24, 2.45) is 0 Å². The van der Waals surface area contributed by atoms with E-state index in [1.807, 2.05) is 0 Å². The molecule has 19 aromatic rings. The molecular formula is C60H36N12. The molecule has 0 aliphatic rings. The molecule has 0 radical (unpaired) electrons. The van der Waals surface area contributed by atoms with Crippen LogP contribution in [0.5, 0.6) is 0 Å². The summed E-state index contributed by atoms with van der Waals surface area (Å²) in [5.41, 5.74) is 24.9. The Morgan fingerprint density at radius 3 is 0.444 bits per heavy atom. The molecule has 0 aliphatic carbocycles. The summed E-state index contributed by atoms with van der Waals surface area (Å²) in [4.78, 5) is 46.2. The predicted molar refractivity (Wildman–Crippen MR) is 300 cm³/mol. The fourth-order valence-electron chi connectivity index (χ4n) is 12.9. The Balaban J connectivity index is 1.03. The van der Waals surface area contributed by atoms with Crippen molar-refractivity contribution in [2.75, 3.05) is 0 Å². The Kier molecular flexibility index (Phi) is 6.05. The largest absolute Gasteiger partial charge is 0.355 e. The van der Waals surface area contributed by atoms with E-state index in [-0.39, 0.29) is 0 Å². The lowest BCUT2D eigenvalue weighted by Crippen LogP contribution is -1.85. The number of benzene rings is 4. The zero-order chi connectivity index (χ0) is 46.2. The Hall–Kier alpha value is -10.2. The summed E-state index contributed by atoms with van der Waals surface area (Å²) in [7, 11) is 0. The lowest BCUT2D eigenvalue weighted by atomic mass is 9.98. The van der Waals surface area contributed by atoms with Crippen LogP contribution in [0.15, 0.2) is 146 Å². The van der Waals surface area contributed by atoms with Crippen molar-refractivity contribution < 1.29 is 0 Å². The number of rotatable bonds is 0. The van der Waals surface area contributed by atoms with Gasteiger partial charge in [-0.25, -0.2) is 0 Å². The highest BCUT2D eigenvalue weighted by atomic mass is 14.8. The van der Waals surface area contributed by atoms with Gasteiger partial charge in [0.15, 0.2) is 0 Å². The lowest BCUT2D eigenvalue weighted by Gasteiger charge is -2.08. The third-order valence-corrected chi connectivity index (χ3v) is 15.8. The molecule has 0 amide bonds. The third-order valence-electron chi connectivity index (χ3n) is 15.8. The van der Waals surface area contributed by atoms with Gasteiger partial charge in [-0.05, 0) is 146 Å². The molecular weight excluding hydrogens is 889 g/mol. The molecule has 0 spiro atoms. The van der Waals surface area contributed by atoms with Crippen LogP contribution in [0.4, 0.5) is 0 Å². The predicted octanol–water partition coefficient (Wildman–Crippen LogP) is 16.1. The molecule has 4 aromatic carbocycles. The van der Waals surface area contributed by atoms with Gasteiger partial charge in [-0.2, -0.15) is 0 Å². The SMILES string of the molecule is c1cc2cc3cc4c5cc6cc7cc8c9cc%10cc%11ccc(cc%12ccc(cc%13cc%14c%15cc(cc%16cc%17c%18cc(cc%19ccc(cc1[nH]2)[nH]%19)[nH]c%18c(c4[nH]3)c(c5[nH]6)c%17[nH]%16)[nH]c%15c(c8[nH]7)c(c9[nH]%10)c%14[nH]%13)[nH]%12)[nH]%11. The van der Waals surface area contributed by atoms with Gasteiger partial charge >= 0.3 is 0 Å². The topological polar surface area (TPSA) is 189 Å². The van der Waals surface area contributed by atoms with E-state index in [1.165, 1.54) is 0 Å². The maximum atomic E-state index is 4.00. The first kappa shape index (κ1) is 35.9. The van der Waals surface area contributed by atoms with Crippen molar-refractivity contribution in [1.82, 2.24) is 59.8 Å². The van der Waals surface area contributed by atoms with E-state index in [2.05, 4.69) is 205 Å². The second kappa shape index (κ2) is 12.1. The maximum Gasteiger partial charge on any atom is 0.0568 e. The molecule has 15 aromatic heterocycles. The number of hydrogen-bond donors (Lipinski definition) is 12. The van der Waals surface area contributed by atoms with E-state index >= 15 is 0 Å². The van der Waals surface area contributed by atoms with Gasteiger partial charge in [0.05, 0.1) is 44.1 Å². The first-order valence-corrected chi connectivity index (χ1v) is 24.4. The average molecular weight is 925 g/mol. The molecule has 0 aliphatic heterocycles. The maximum absolute atomic E-state index is 4.00. The summed E-state index contributed by atoms with van der Waals surface area (Å²) in [6, 6.07) is 53.2. The van der Waals surface area contributed by atoms with Gasteiger partial charge in [-0.1, -0.05) is 0 Å². The van der Waals surface area contributed by atoms with Gasteiger partial charge in [0.2, 0.25) is 0 Å². The summed E-state index contributed by atoms with van der Waals surface area (Å²) in [6.45, 7) is 0. The number of aromatic amines is 12. The van der Waals surface area contributed by atoms with E-state index in [1.54, 1.807) is 0 Å². The molecule has 0 saturated heterocycles. The van der Waals surface area contributed by atoms with Gasteiger partial charge in [-0.3, -0.25) is 0 Å². The Morgan fingerprint density at radius 1 is 0.139 bits per heavy atom. The highest BCUT2D eigenvalue weighted by Gasteiger charge is 2.23.